The van der Waals surface area contributed by atoms with Crippen molar-refractivity contribution in [3.63, 3.8) is 0 Å². The first-order chi connectivity index (χ1) is 3.29. The van der Waals surface area contributed by atoms with E-state index in [1.54, 1.807) is 0 Å². The zero-order chi connectivity index (χ0) is 5.28. The van der Waals surface area contributed by atoms with Crippen molar-refractivity contribution in [1.29, 1.82) is 0 Å². The van der Waals surface area contributed by atoms with Gasteiger partial charge in [0.25, 0.3) is 0 Å². The van der Waals surface area contributed by atoms with Crippen molar-refractivity contribution >= 4 is 32.3 Å². The Balaban J connectivity index is 2.50. The highest BCUT2D eigenvalue weighted by Gasteiger charge is 2.09. The molecule has 1 aliphatic heterocycles. The summed E-state index contributed by atoms with van der Waals surface area (Å²) in [6.07, 6.45) is 0. The van der Waals surface area contributed by atoms with E-state index >= 15 is 0 Å². The van der Waals surface area contributed by atoms with E-state index in [0.29, 0.717) is 5.37 Å². The van der Waals surface area contributed by atoms with Gasteiger partial charge in [0, 0.05) is 5.75 Å². The fourth-order valence-corrected chi connectivity index (χ4v) is 1.96. The molecule has 0 aliphatic carbocycles. The molecule has 0 radical (unpaired) electrons. The standard InChI is InChI=1S/C4H6BrNS/c1-3-6-4(5)2-7-3/h3H,2H2,1H3. The maximum absolute atomic E-state index is 4.19. The summed E-state index contributed by atoms with van der Waals surface area (Å²) in [5, 5.41) is 0.481. The summed E-state index contributed by atoms with van der Waals surface area (Å²) in [5.74, 6) is 1.06. The van der Waals surface area contributed by atoms with E-state index in [1.807, 2.05) is 11.8 Å². The van der Waals surface area contributed by atoms with Crippen LogP contribution in [0.5, 0.6) is 0 Å². The van der Waals surface area contributed by atoms with E-state index < -0.39 is 0 Å². The van der Waals surface area contributed by atoms with Gasteiger partial charge in [0.15, 0.2) is 0 Å². The summed E-state index contributed by atoms with van der Waals surface area (Å²) >= 11 is 5.16. The largest absolute Gasteiger partial charge is 0.268 e. The van der Waals surface area contributed by atoms with Crippen LogP contribution in [-0.4, -0.2) is 15.7 Å². The summed E-state index contributed by atoms with van der Waals surface area (Å²) in [4.78, 5) is 4.19. The Morgan fingerprint density at radius 3 is 2.86 bits per heavy atom. The molecule has 1 rings (SSSR count). The van der Waals surface area contributed by atoms with Crippen LogP contribution in [0.15, 0.2) is 4.99 Å². The molecule has 3 heteroatoms. The molecular weight excluding hydrogens is 174 g/mol. The van der Waals surface area contributed by atoms with Gasteiger partial charge >= 0.3 is 0 Å². The van der Waals surface area contributed by atoms with Gasteiger partial charge in [0.1, 0.15) is 0 Å². The molecule has 0 fully saturated rings. The van der Waals surface area contributed by atoms with Crippen LogP contribution in [0, 0.1) is 0 Å². The predicted octanol–water partition coefficient (Wildman–Crippen LogP) is 1.87. The second kappa shape index (κ2) is 2.18. The Morgan fingerprint density at radius 1 is 2.00 bits per heavy atom. The normalized spacial score (nSPS) is 30.6. The quantitative estimate of drug-likeness (QED) is 0.554. The molecule has 7 heavy (non-hydrogen) atoms. The van der Waals surface area contributed by atoms with Crippen molar-refractivity contribution in [3.05, 3.63) is 0 Å². The van der Waals surface area contributed by atoms with Gasteiger partial charge in [-0.3, -0.25) is 4.99 Å². The van der Waals surface area contributed by atoms with Gasteiger partial charge in [-0.2, -0.15) is 0 Å². The lowest BCUT2D eigenvalue weighted by atomic mass is 10.7. The summed E-state index contributed by atoms with van der Waals surface area (Å²) in [7, 11) is 0. The van der Waals surface area contributed by atoms with Crippen molar-refractivity contribution < 1.29 is 0 Å². The molecule has 1 aliphatic rings. The third-order valence-corrected chi connectivity index (χ3v) is 2.65. The van der Waals surface area contributed by atoms with Crippen molar-refractivity contribution in [2.75, 3.05) is 5.75 Å². The maximum atomic E-state index is 4.19. The molecule has 0 saturated carbocycles. The molecule has 0 bridgehead atoms. The van der Waals surface area contributed by atoms with Gasteiger partial charge in [0.2, 0.25) is 0 Å². The van der Waals surface area contributed by atoms with Crippen LogP contribution < -0.4 is 0 Å². The average Bonchev–Trinajstić information content (AvgIpc) is 1.87. The van der Waals surface area contributed by atoms with Gasteiger partial charge in [-0.25, -0.2) is 0 Å². The number of hydrogen-bond donors (Lipinski definition) is 0. The number of aliphatic imine (C=N–C) groups is 1. The van der Waals surface area contributed by atoms with Crippen LogP contribution >= 0.6 is 27.7 Å². The lowest BCUT2D eigenvalue weighted by Crippen LogP contribution is -1.79. The van der Waals surface area contributed by atoms with Gasteiger partial charge < -0.3 is 0 Å². The monoisotopic (exact) mass is 179 g/mol. The van der Waals surface area contributed by atoms with E-state index in [0.717, 1.165) is 10.4 Å². The van der Waals surface area contributed by atoms with Crippen LogP contribution in [0.2, 0.25) is 0 Å². The summed E-state index contributed by atoms with van der Waals surface area (Å²) in [6.45, 7) is 2.10. The Bertz CT molecular complexity index is 102. The topological polar surface area (TPSA) is 12.4 Å². The van der Waals surface area contributed by atoms with Gasteiger partial charge in [-0.1, -0.05) is 0 Å². The molecule has 0 aromatic heterocycles. The van der Waals surface area contributed by atoms with Crippen LogP contribution in [-0.2, 0) is 0 Å². The molecule has 0 saturated heterocycles. The fraction of sp³-hybridized carbons (Fsp3) is 0.750. The number of nitrogens with zero attached hydrogens (tertiary/aromatic N) is 1. The lowest BCUT2D eigenvalue weighted by molar-refractivity contribution is 1.07. The Labute approximate surface area is 55.7 Å². The van der Waals surface area contributed by atoms with E-state index in [1.165, 1.54) is 0 Å². The molecule has 0 amide bonds. The zero-order valence-corrected chi connectivity index (χ0v) is 6.42. The number of halogens is 1. The minimum Gasteiger partial charge on any atom is -0.268 e. The number of rotatable bonds is 0. The minimum absolute atomic E-state index is 0.481. The average molecular weight is 180 g/mol. The van der Waals surface area contributed by atoms with Crippen molar-refractivity contribution in [2.45, 2.75) is 12.3 Å². The summed E-state index contributed by atoms with van der Waals surface area (Å²) < 4.78 is 1.10. The third-order valence-electron chi connectivity index (χ3n) is 0.766. The van der Waals surface area contributed by atoms with Crippen LogP contribution in [0.3, 0.4) is 0 Å². The molecular formula is C4H6BrNS. The van der Waals surface area contributed by atoms with Crippen LogP contribution in [0.1, 0.15) is 6.92 Å². The molecule has 1 nitrogen and oxygen atoms in total. The summed E-state index contributed by atoms with van der Waals surface area (Å²) in [6, 6.07) is 0. The highest BCUT2D eigenvalue weighted by molar-refractivity contribution is 9.18. The first kappa shape index (κ1) is 5.63. The second-order valence-electron chi connectivity index (χ2n) is 1.42. The smallest absolute Gasteiger partial charge is 0.0937 e. The van der Waals surface area contributed by atoms with E-state index in [2.05, 4.69) is 27.8 Å². The molecule has 1 unspecified atom stereocenters. The van der Waals surface area contributed by atoms with Crippen molar-refractivity contribution in [2.24, 2.45) is 4.99 Å². The van der Waals surface area contributed by atoms with Crippen molar-refractivity contribution in [3.8, 4) is 0 Å². The predicted molar refractivity (Wildman–Crippen MR) is 38.3 cm³/mol. The van der Waals surface area contributed by atoms with E-state index in [-0.39, 0.29) is 0 Å². The Morgan fingerprint density at radius 2 is 2.71 bits per heavy atom. The van der Waals surface area contributed by atoms with Crippen molar-refractivity contribution in [1.82, 2.24) is 0 Å². The maximum Gasteiger partial charge on any atom is 0.0937 e. The zero-order valence-electron chi connectivity index (χ0n) is 4.02. The highest BCUT2D eigenvalue weighted by Crippen LogP contribution is 2.21. The van der Waals surface area contributed by atoms with E-state index in [9.17, 15) is 0 Å². The number of hydrogen-bond acceptors (Lipinski definition) is 2. The molecule has 1 heterocycles. The molecule has 40 valence electrons. The van der Waals surface area contributed by atoms with Gasteiger partial charge in [0.05, 0.1) is 9.99 Å². The van der Waals surface area contributed by atoms with Gasteiger partial charge in [-0.05, 0) is 22.9 Å². The minimum atomic E-state index is 0.481. The Hall–Kier alpha value is 0.500. The highest BCUT2D eigenvalue weighted by atomic mass is 79.9. The molecule has 0 aromatic rings. The molecule has 1 atom stereocenters. The Kier molecular flexibility index (Phi) is 1.75. The van der Waals surface area contributed by atoms with Crippen LogP contribution in [0.4, 0.5) is 0 Å². The summed E-state index contributed by atoms with van der Waals surface area (Å²) in [5.41, 5.74) is 0. The molecule has 0 spiro atoms. The van der Waals surface area contributed by atoms with Crippen LogP contribution in [0.25, 0.3) is 0 Å². The fourth-order valence-electron chi connectivity index (χ4n) is 0.461. The first-order valence-electron chi connectivity index (χ1n) is 2.13. The second-order valence-corrected chi connectivity index (χ2v) is 3.64. The first-order valence-corrected chi connectivity index (χ1v) is 3.97. The van der Waals surface area contributed by atoms with E-state index in [4.69, 9.17) is 0 Å². The number of thioether (sulfide) groups is 1. The lowest BCUT2D eigenvalue weighted by Gasteiger charge is -1.88. The molecule has 0 aromatic carbocycles. The molecule has 0 N–H and O–H groups in total. The van der Waals surface area contributed by atoms with Gasteiger partial charge in [-0.15, -0.1) is 11.8 Å². The SMILES string of the molecule is CC1N=C(Br)CS1. The third kappa shape index (κ3) is 1.46.